The highest BCUT2D eigenvalue weighted by Crippen LogP contribution is 2.03. The lowest BCUT2D eigenvalue weighted by atomic mass is 10.3. The molecule has 0 unspecified atom stereocenters. The number of rotatable bonds is 1. The lowest BCUT2D eigenvalue weighted by Crippen LogP contribution is -2.04. The van der Waals surface area contributed by atoms with Crippen LogP contribution in [0.25, 0.3) is 0 Å². The lowest BCUT2D eigenvalue weighted by Gasteiger charge is -1.98. The number of benzene rings is 1. The maximum absolute atomic E-state index is 10.5. The number of hydrogen-bond acceptors (Lipinski definition) is 2. The molecule has 82 valence electrons. The number of para-hydroxylation sites is 1. The van der Waals surface area contributed by atoms with Crippen LogP contribution in [-0.4, -0.2) is 19.0 Å². The predicted molar refractivity (Wildman–Crippen MR) is 62.8 cm³/mol. The second kappa shape index (κ2) is 7.01. The van der Waals surface area contributed by atoms with Crippen molar-refractivity contribution in [3.63, 3.8) is 0 Å². The van der Waals surface area contributed by atoms with Crippen LogP contribution in [0.4, 0.5) is 5.69 Å². The number of carbonyl (C=O) groups is 1. The Morgan fingerprint density at radius 1 is 1.20 bits per heavy atom. The average molecular weight is 206 g/mol. The molecule has 1 fully saturated rings. The first kappa shape index (κ1) is 11.7. The van der Waals surface area contributed by atoms with Crippen molar-refractivity contribution in [2.45, 2.75) is 19.8 Å². The summed E-state index contributed by atoms with van der Waals surface area (Å²) in [5, 5.41) is 5.89. The summed E-state index contributed by atoms with van der Waals surface area (Å²) in [7, 11) is 0. The minimum absolute atomic E-state index is 0.0359. The van der Waals surface area contributed by atoms with Crippen LogP contribution in [-0.2, 0) is 4.79 Å². The molecule has 1 aliphatic rings. The number of anilines is 1. The summed E-state index contributed by atoms with van der Waals surface area (Å²) >= 11 is 0. The molecule has 0 aromatic heterocycles. The summed E-state index contributed by atoms with van der Waals surface area (Å²) in [5.41, 5.74) is 0.843. The summed E-state index contributed by atoms with van der Waals surface area (Å²) in [4.78, 5) is 10.5. The van der Waals surface area contributed by atoms with Crippen molar-refractivity contribution >= 4 is 11.6 Å². The molecule has 3 heteroatoms. The summed E-state index contributed by atoms with van der Waals surface area (Å²) in [6.45, 7) is 3.99. The third-order valence-corrected chi connectivity index (χ3v) is 2.05. The summed E-state index contributed by atoms with van der Waals surface area (Å²) in [5.74, 6) is -0.0359. The molecule has 1 heterocycles. The second-order valence-electron chi connectivity index (χ2n) is 3.50. The normalized spacial score (nSPS) is 13.9. The SMILES string of the molecule is C1CCNC1.CC(=O)Nc1ccccc1. The Labute approximate surface area is 90.9 Å². The molecule has 0 aliphatic carbocycles. The van der Waals surface area contributed by atoms with Crippen molar-refractivity contribution in [2.24, 2.45) is 0 Å². The van der Waals surface area contributed by atoms with Crippen molar-refractivity contribution in [3.05, 3.63) is 30.3 Å². The molecular formula is C12H18N2O. The van der Waals surface area contributed by atoms with Gasteiger partial charge in [-0.3, -0.25) is 4.79 Å². The van der Waals surface area contributed by atoms with Gasteiger partial charge in [-0.25, -0.2) is 0 Å². The van der Waals surface area contributed by atoms with Crippen molar-refractivity contribution in [3.8, 4) is 0 Å². The molecule has 2 N–H and O–H groups in total. The van der Waals surface area contributed by atoms with Crippen molar-refractivity contribution in [1.29, 1.82) is 0 Å². The highest BCUT2D eigenvalue weighted by Gasteiger charge is 1.93. The van der Waals surface area contributed by atoms with Crippen LogP contribution in [0.5, 0.6) is 0 Å². The quantitative estimate of drug-likeness (QED) is 0.738. The van der Waals surface area contributed by atoms with Crippen LogP contribution < -0.4 is 10.6 Å². The third kappa shape index (κ3) is 5.86. The Morgan fingerprint density at radius 3 is 2.20 bits per heavy atom. The number of hydrogen-bond donors (Lipinski definition) is 2. The molecule has 15 heavy (non-hydrogen) atoms. The first-order valence-electron chi connectivity index (χ1n) is 5.32. The standard InChI is InChI=1S/C8H9NO.C4H9N/c1-7(10)9-8-5-3-2-4-6-8;1-2-4-5-3-1/h2-6H,1H3,(H,9,10);5H,1-4H2. The van der Waals surface area contributed by atoms with Gasteiger partial charge in [-0.2, -0.15) is 0 Å². The molecular weight excluding hydrogens is 188 g/mol. The summed E-state index contributed by atoms with van der Waals surface area (Å²) in [6, 6.07) is 9.37. The van der Waals surface area contributed by atoms with E-state index in [1.165, 1.54) is 32.9 Å². The van der Waals surface area contributed by atoms with E-state index in [0.29, 0.717) is 0 Å². The van der Waals surface area contributed by atoms with Crippen molar-refractivity contribution in [1.82, 2.24) is 5.32 Å². The largest absolute Gasteiger partial charge is 0.326 e. The average Bonchev–Trinajstić information content (AvgIpc) is 2.76. The van der Waals surface area contributed by atoms with Gasteiger partial charge in [0.1, 0.15) is 0 Å². The zero-order chi connectivity index (χ0) is 10.9. The van der Waals surface area contributed by atoms with Gasteiger partial charge in [0.15, 0.2) is 0 Å². The molecule has 0 saturated carbocycles. The molecule has 0 radical (unpaired) electrons. The van der Waals surface area contributed by atoms with Gasteiger partial charge in [0, 0.05) is 12.6 Å². The van der Waals surface area contributed by atoms with E-state index in [1.54, 1.807) is 0 Å². The minimum atomic E-state index is -0.0359. The highest BCUT2D eigenvalue weighted by molar-refractivity contribution is 5.88. The van der Waals surface area contributed by atoms with Gasteiger partial charge in [-0.05, 0) is 38.1 Å². The zero-order valence-corrected chi connectivity index (χ0v) is 9.12. The fraction of sp³-hybridized carbons (Fsp3) is 0.417. The van der Waals surface area contributed by atoms with Gasteiger partial charge in [0.25, 0.3) is 0 Å². The molecule has 1 aliphatic heterocycles. The minimum Gasteiger partial charge on any atom is -0.326 e. The summed E-state index contributed by atoms with van der Waals surface area (Å²) < 4.78 is 0. The molecule has 1 saturated heterocycles. The Bertz CT molecular complexity index is 273. The maximum atomic E-state index is 10.5. The Kier molecular flexibility index (Phi) is 5.48. The van der Waals surface area contributed by atoms with E-state index in [9.17, 15) is 4.79 Å². The van der Waals surface area contributed by atoms with Gasteiger partial charge in [-0.1, -0.05) is 18.2 Å². The zero-order valence-electron chi connectivity index (χ0n) is 9.12. The number of carbonyl (C=O) groups excluding carboxylic acids is 1. The van der Waals surface area contributed by atoms with Gasteiger partial charge >= 0.3 is 0 Å². The monoisotopic (exact) mass is 206 g/mol. The Balaban J connectivity index is 0.000000187. The van der Waals surface area contributed by atoms with Gasteiger partial charge < -0.3 is 10.6 Å². The van der Waals surface area contributed by atoms with Gasteiger partial charge in [0.2, 0.25) is 5.91 Å². The first-order chi connectivity index (χ1) is 7.29. The van der Waals surface area contributed by atoms with E-state index in [1.807, 2.05) is 30.3 Å². The molecule has 0 spiro atoms. The van der Waals surface area contributed by atoms with Crippen molar-refractivity contribution in [2.75, 3.05) is 18.4 Å². The van der Waals surface area contributed by atoms with E-state index >= 15 is 0 Å². The molecule has 0 atom stereocenters. The van der Waals surface area contributed by atoms with Gasteiger partial charge in [-0.15, -0.1) is 0 Å². The van der Waals surface area contributed by atoms with Crippen LogP contribution in [0.1, 0.15) is 19.8 Å². The molecule has 1 amide bonds. The fourth-order valence-electron chi connectivity index (χ4n) is 1.35. The fourth-order valence-corrected chi connectivity index (χ4v) is 1.35. The number of amides is 1. The van der Waals surface area contributed by atoms with E-state index in [2.05, 4.69) is 10.6 Å². The smallest absolute Gasteiger partial charge is 0.221 e. The van der Waals surface area contributed by atoms with E-state index in [4.69, 9.17) is 0 Å². The maximum Gasteiger partial charge on any atom is 0.221 e. The van der Waals surface area contributed by atoms with Crippen LogP contribution in [0.15, 0.2) is 30.3 Å². The molecule has 1 aromatic carbocycles. The lowest BCUT2D eigenvalue weighted by molar-refractivity contribution is -0.114. The highest BCUT2D eigenvalue weighted by atomic mass is 16.1. The Morgan fingerprint density at radius 2 is 1.80 bits per heavy atom. The summed E-state index contributed by atoms with van der Waals surface area (Å²) in [6.07, 6.45) is 2.78. The molecule has 0 bridgehead atoms. The molecule has 3 nitrogen and oxygen atoms in total. The van der Waals surface area contributed by atoms with E-state index in [0.717, 1.165) is 5.69 Å². The van der Waals surface area contributed by atoms with Crippen LogP contribution in [0.3, 0.4) is 0 Å². The van der Waals surface area contributed by atoms with E-state index in [-0.39, 0.29) is 5.91 Å². The Hall–Kier alpha value is -1.35. The topological polar surface area (TPSA) is 41.1 Å². The first-order valence-corrected chi connectivity index (χ1v) is 5.32. The second-order valence-corrected chi connectivity index (χ2v) is 3.50. The molecule has 1 aromatic rings. The van der Waals surface area contributed by atoms with Gasteiger partial charge in [0.05, 0.1) is 0 Å². The van der Waals surface area contributed by atoms with Crippen LogP contribution in [0.2, 0.25) is 0 Å². The van der Waals surface area contributed by atoms with Crippen LogP contribution >= 0.6 is 0 Å². The van der Waals surface area contributed by atoms with Crippen LogP contribution in [0, 0.1) is 0 Å². The predicted octanol–water partition coefficient (Wildman–Crippen LogP) is 2.01. The van der Waals surface area contributed by atoms with E-state index < -0.39 is 0 Å². The number of nitrogens with one attached hydrogen (secondary N) is 2. The van der Waals surface area contributed by atoms with Crippen molar-refractivity contribution < 1.29 is 4.79 Å². The third-order valence-electron chi connectivity index (χ3n) is 2.05. The molecule has 2 rings (SSSR count).